The van der Waals surface area contributed by atoms with Crippen LogP contribution < -0.4 is 4.74 Å². The van der Waals surface area contributed by atoms with E-state index in [9.17, 15) is 4.79 Å². The second-order valence-electron chi connectivity index (χ2n) is 4.65. The van der Waals surface area contributed by atoms with Gasteiger partial charge in [-0.25, -0.2) is 4.79 Å². The zero-order chi connectivity index (χ0) is 14.9. The lowest BCUT2D eigenvalue weighted by Gasteiger charge is -2.05. The average Bonchev–Trinajstić information content (AvgIpc) is 2.49. The molecule has 0 aromatic heterocycles. The van der Waals surface area contributed by atoms with Crippen molar-refractivity contribution >= 4 is 6.16 Å². The van der Waals surface area contributed by atoms with Crippen molar-refractivity contribution in [2.24, 2.45) is 0 Å². The molecule has 0 atom stereocenters. The summed E-state index contributed by atoms with van der Waals surface area (Å²) in [7, 11) is 0. The molecule has 2 rings (SSSR count). The van der Waals surface area contributed by atoms with Gasteiger partial charge in [0.25, 0.3) is 0 Å². The molecule has 1 N–H and O–H groups in total. The number of aryl methyl sites for hydroxylation is 1. The van der Waals surface area contributed by atoms with Crippen molar-refractivity contribution in [3.05, 3.63) is 65.7 Å². The Labute approximate surface area is 123 Å². The smallest absolute Gasteiger partial charge is 0.449 e. The Morgan fingerprint density at radius 2 is 1.67 bits per heavy atom. The minimum Gasteiger partial charge on any atom is -0.449 e. The zero-order valence-corrected chi connectivity index (χ0v) is 11.7. The number of hydrogen-bond donors (Lipinski definition) is 1. The van der Waals surface area contributed by atoms with Crippen molar-refractivity contribution in [1.29, 1.82) is 0 Å². The predicted octanol–water partition coefficient (Wildman–Crippen LogP) is 3.89. The van der Waals surface area contributed by atoms with Gasteiger partial charge >= 0.3 is 6.16 Å². The van der Waals surface area contributed by atoms with Crippen LogP contribution in [0.3, 0.4) is 0 Å². The predicted molar refractivity (Wildman–Crippen MR) is 79.5 cm³/mol. The number of benzene rings is 2. The maximum Gasteiger partial charge on any atom is 0.511 e. The first-order chi connectivity index (χ1) is 10.2. The molecular formula is C17H18O4. The van der Waals surface area contributed by atoms with Gasteiger partial charge in [-0.2, -0.15) is 0 Å². The van der Waals surface area contributed by atoms with Gasteiger partial charge in [-0.1, -0.05) is 42.5 Å². The minimum absolute atomic E-state index is 0.339. The Kier molecular flexibility index (Phi) is 5.79. The summed E-state index contributed by atoms with van der Waals surface area (Å²) in [5.41, 5.74) is 2.31. The highest BCUT2D eigenvalue weighted by atomic mass is 16.7. The Balaban J connectivity index is 1.65. The molecule has 0 fully saturated rings. The maximum atomic E-state index is 10.4. The van der Waals surface area contributed by atoms with E-state index in [1.807, 2.05) is 42.5 Å². The molecule has 0 aliphatic rings. The molecule has 0 spiro atoms. The number of carbonyl (C=O) groups is 1. The molecule has 2 aromatic carbocycles. The summed E-state index contributed by atoms with van der Waals surface area (Å²) in [5, 5.41) is 8.49. The molecule has 21 heavy (non-hydrogen) atoms. The quantitative estimate of drug-likeness (QED) is 0.476. The van der Waals surface area contributed by atoms with Gasteiger partial charge < -0.3 is 14.6 Å². The molecule has 4 heteroatoms. The lowest BCUT2D eigenvalue weighted by molar-refractivity contribution is 0.118. The first-order valence-electron chi connectivity index (χ1n) is 6.85. The molecular weight excluding hydrogens is 268 g/mol. The van der Waals surface area contributed by atoms with Gasteiger partial charge in [0.2, 0.25) is 0 Å². The van der Waals surface area contributed by atoms with Crippen LogP contribution in [0.2, 0.25) is 0 Å². The van der Waals surface area contributed by atoms with Crippen molar-refractivity contribution in [1.82, 2.24) is 0 Å². The van der Waals surface area contributed by atoms with E-state index in [0.29, 0.717) is 19.0 Å². The van der Waals surface area contributed by atoms with E-state index < -0.39 is 6.16 Å². The molecule has 0 heterocycles. The second-order valence-corrected chi connectivity index (χ2v) is 4.65. The molecule has 2 aromatic rings. The van der Waals surface area contributed by atoms with Gasteiger partial charge in [0.15, 0.2) is 0 Å². The van der Waals surface area contributed by atoms with Gasteiger partial charge in [-0.05, 0) is 36.1 Å². The normalized spacial score (nSPS) is 10.3. The highest BCUT2D eigenvalue weighted by Gasteiger charge is 2.00. The van der Waals surface area contributed by atoms with Gasteiger partial charge in [0.1, 0.15) is 5.75 Å². The molecule has 110 valence electrons. The maximum absolute atomic E-state index is 10.4. The Hall–Kier alpha value is -2.33. The van der Waals surface area contributed by atoms with Crippen LogP contribution >= 0.6 is 0 Å². The van der Waals surface area contributed by atoms with Crippen LogP contribution in [0, 0.1) is 0 Å². The average molecular weight is 286 g/mol. The van der Waals surface area contributed by atoms with E-state index in [1.165, 1.54) is 5.56 Å². The van der Waals surface area contributed by atoms with Gasteiger partial charge in [0.05, 0.1) is 6.61 Å². The highest BCUT2D eigenvalue weighted by molar-refractivity contribution is 5.61. The topological polar surface area (TPSA) is 55.8 Å². The number of ether oxygens (including phenoxy) is 2. The molecule has 0 unspecified atom stereocenters. The van der Waals surface area contributed by atoms with Crippen LogP contribution in [0.5, 0.6) is 5.75 Å². The first kappa shape index (κ1) is 15.1. The number of rotatable bonds is 7. The summed E-state index contributed by atoms with van der Waals surface area (Å²) in [4.78, 5) is 10.4. The van der Waals surface area contributed by atoms with Crippen LogP contribution in [0.15, 0.2) is 54.6 Å². The Morgan fingerprint density at radius 1 is 0.952 bits per heavy atom. The third-order valence-electron chi connectivity index (χ3n) is 2.99. The SMILES string of the molecule is O=C(O)Oc1ccc(CCCOCc2ccccc2)cc1. The Bertz CT molecular complexity index is 549. The molecule has 0 radical (unpaired) electrons. The summed E-state index contributed by atoms with van der Waals surface area (Å²) in [5.74, 6) is 0.339. The van der Waals surface area contributed by atoms with Crippen LogP contribution in [0.4, 0.5) is 4.79 Å². The fourth-order valence-electron chi connectivity index (χ4n) is 1.97. The fraction of sp³-hybridized carbons (Fsp3) is 0.235. The van der Waals surface area contributed by atoms with Crippen LogP contribution in [-0.2, 0) is 17.8 Å². The van der Waals surface area contributed by atoms with E-state index in [-0.39, 0.29) is 0 Å². The lowest BCUT2D eigenvalue weighted by atomic mass is 10.1. The van der Waals surface area contributed by atoms with Crippen LogP contribution in [0.1, 0.15) is 17.5 Å². The third kappa shape index (κ3) is 5.67. The summed E-state index contributed by atoms with van der Waals surface area (Å²) in [6.07, 6.45) is 0.519. The monoisotopic (exact) mass is 286 g/mol. The molecule has 0 aliphatic heterocycles. The van der Waals surface area contributed by atoms with E-state index in [4.69, 9.17) is 9.84 Å². The summed E-state index contributed by atoms with van der Waals surface area (Å²) >= 11 is 0. The van der Waals surface area contributed by atoms with E-state index in [0.717, 1.165) is 18.4 Å². The zero-order valence-electron chi connectivity index (χ0n) is 11.7. The lowest BCUT2D eigenvalue weighted by Crippen LogP contribution is -2.02. The molecule has 0 bridgehead atoms. The third-order valence-corrected chi connectivity index (χ3v) is 2.99. The minimum atomic E-state index is -1.29. The molecule has 0 saturated heterocycles. The van der Waals surface area contributed by atoms with E-state index in [2.05, 4.69) is 4.74 Å². The summed E-state index contributed by atoms with van der Waals surface area (Å²) in [6, 6.07) is 17.1. The molecule has 0 saturated carbocycles. The van der Waals surface area contributed by atoms with Crippen LogP contribution in [0.25, 0.3) is 0 Å². The van der Waals surface area contributed by atoms with Gasteiger partial charge in [0, 0.05) is 6.61 Å². The van der Waals surface area contributed by atoms with Crippen molar-refractivity contribution in [3.63, 3.8) is 0 Å². The van der Waals surface area contributed by atoms with Crippen molar-refractivity contribution < 1.29 is 19.4 Å². The summed E-state index contributed by atoms with van der Waals surface area (Å²) < 4.78 is 10.2. The number of hydrogen-bond acceptors (Lipinski definition) is 3. The highest BCUT2D eigenvalue weighted by Crippen LogP contribution is 2.13. The standard InChI is InChI=1S/C17H18O4/c18-17(19)21-16-10-8-14(9-11-16)7-4-12-20-13-15-5-2-1-3-6-15/h1-3,5-6,8-11H,4,7,12-13H2,(H,18,19). The molecule has 0 amide bonds. The number of carboxylic acid groups (broad SMARTS) is 1. The Morgan fingerprint density at radius 3 is 2.33 bits per heavy atom. The van der Waals surface area contributed by atoms with E-state index in [1.54, 1.807) is 12.1 Å². The van der Waals surface area contributed by atoms with Crippen LogP contribution in [-0.4, -0.2) is 17.9 Å². The molecule has 0 aliphatic carbocycles. The fourth-order valence-corrected chi connectivity index (χ4v) is 1.97. The largest absolute Gasteiger partial charge is 0.511 e. The summed E-state index contributed by atoms with van der Waals surface area (Å²) in [6.45, 7) is 1.33. The molecule has 4 nitrogen and oxygen atoms in total. The van der Waals surface area contributed by atoms with Gasteiger partial charge in [-0.15, -0.1) is 0 Å². The van der Waals surface area contributed by atoms with E-state index >= 15 is 0 Å². The van der Waals surface area contributed by atoms with Crippen molar-refractivity contribution in [2.45, 2.75) is 19.4 Å². The van der Waals surface area contributed by atoms with Crippen molar-refractivity contribution in [3.8, 4) is 5.75 Å². The first-order valence-corrected chi connectivity index (χ1v) is 6.85. The van der Waals surface area contributed by atoms with Crippen molar-refractivity contribution in [2.75, 3.05) is 6.61 Å². The van der Waals surface area contributed by atoms with Gasteiger partial charge in [-0.3, -0.25) is 0 Å². The second kappa shape index (κ2) is 8.07.